The lowest BCUT2D eigenvalue weighted by Gasteiger charge is -2.09. The predicted molar refractivity (Wildman–Crippen MR) is 57.1 cm³/mol. The Morgan fingerprint density at radius 1 is 1.44 bits per heavy atom. The summed E-state index contributed by atoms with van der Waals surface area (Å²) < 4.78 is 39.5. The van der Waals surface area contributed by atoms with E-state index in [0.717, 1.165) is 0 Å². The van der Waals surface area contributed by atoms with Gasteiger partial charge in [0.05, 0.1) is 17.4 Å². The normalized spacial score (nSPS) is 11.5. The molecule has 1 heterocycles. The van der Waals surface area contributed by atoms with Crippen LogP contribution >= 0.6 is 0 Å². The second kappa shape index (κ2) is 4.55. The summed E-state index contributed by atoms with van der Waals surface area (Å²) in [7, 11) is 0. The Morgan fingerprint density at radius 2 is 2.22 bits per heavy atom. The molecule has 2 rings (SSSR count). The molecule has 1 aromatic carbocycles. The van der Waals surface area contributed by atoms with Crippen LogP contribution in [0.25, 0.3) is 10.9 Å². The van der Waals surface area contributed by atoms with Crippen molar-refractivity contribution in [3.63, 3.8) is 0 Å². The number of halogens is 3. The van der Waals surface area contributed by atoms with Gasteiger partial charge < -0.3 is 4.74 Å². The molecule has 0 saturated heterocycles. The maximum Gasteiger partial charge on any atom is 0.422 e. The van der Waals surface area contributed by atoms with Crippen LogP contribution in [0, 0.1) is 0 Å². The molecule has 0 fully saturated rings. The van der Waals surface area contributed by atoms with Crippen LogP contribution in [0.2, 0.25) is 0 Å². The van der Waals surface area contributed by atoms with Gasteiger partial charge >= 0.3 is 12.3 Å². The van der Waals surface area contributed by atoms with Crippen molar-refractivity contribution < 1.29 is 22.7 Å². The van der Waals surface area contributed by atoms with Gasteiger partial charge in [0.2, 0.25) is 0 Å². The number of alkyl halides is 3. The van der Waals surface area contributed by atoms with E-state index in [1.165, 1.54) is 12.3 Å². The minimum absolute atomic E-state index is 0.327. The summed E-state index contributed by atoms with van der Waals surface area (Å²) in [5.41, 5.74) is 0.983. The molecule has 2 N–H and O–H groups in total. The fraction of sp³-hybridized carbons (Fsp3) is 0.200. The first-order chi connectivity index (χ1) is 8.46. The van der Waals surface area contributed by atoms with E-state index in [-0.39, 0.29) is 0 Å². The third-order valence-electron chi connectivity index (χ3n) is 2.09. The van der Waals surface area contributed by atoms with Gasteiger partial charge in [0.15, 0.2) is 6.61 Å². The Hall–Kier alpha value is -2.25. The van der Waals surface area contributed by atoms with Gasteiger partial charge in [0.1, 0.15) is 0 Å². The number of carbonyl (C=O) groups is 1. The van der Waals surface area contributed by atoms with Gasteiger partial charge in [-0.05, 0) is 12.1 Å². The largest absolute Gasteiger partial charge is 0.440 e. The number of nitrogens with one attached hydrogen (secondary N) is 2. The van der Waals surface area contributed by atoms with Crippen LogP contribution in [-0.4, -0.2) is 29.1 Å². The summed E-state index contributed by atoms with van der Waals surface area (Å²) in [6, 6.07) is 4.88. The molecule has 96 valence electrons. The van der Waals surface area contributed by atoms with E-state index in [2.05, 4.69) is 20.3 Å². The number of amides is 1. The van der Waals surface area contributed by atoms with Gasteiger partial charge in [0, 0.05) is 5.39 Å². The number of carbonyl (C=O) groups excluding carboxylic acids is 1. The van der Waals surface area contributed by atoms with Crippen molar-refractivity contribution in [2.24, 2.45) is 0 Å². The van der Waals surface area contributed by atoms with Crippen LogP contribution < -0.4 is 5.32 Å². The first-order valence-electron chi connectivity index (χ1n) is 4.88. The maximum atomic E-state index is 11.8. The molecule has 0 atom stereocenters. The lowest BCUT2D eigenvalue weighted by molar-refractivity contribution is -0.159. The van der Waals surface area contributed by atoms with Crippen molar-refractivity contribution in [1.29, 1.82) is 0 Å². The average Bonchev–Trinajstić information content (AvgIpc) is 2.74. The van der Waals surface area contributed by atoms with Crippen molar-refractivity contribution >= 4 is 22.7 Å². The molecule has 0 bridgehead atoms. The Kier molecular flexibility index (Phi) is 3.09. The molecule has 0 aliphatic rings. The third-order valence-corrected chi connectivity index (χ3v) is 2.09. The van der Waals surface area contributed by atoms with Crippen LogP contribution in [0.5, 0.6) is 0 Å². The quantitative estimate of drug-likeness (QED) is 0.871. The van der Waals surface area contributed by atoms with Gasteiger partial charge in [-0.25, -0.2) is 4.79 Å². The van der Waals surface area contributed by atoms with Gasteiger partial charge in [-0.1, -0.05) is 6.07 Å². The summed E-state index contributed by atoms with van der Waals surface area (Å²) >= 11 is 0. The van der Waals surface area contributed by atoms with Crippen molar-refractivity contribution in [3.8, 4) is 0 Å². The maximum absolute atomic E-state index is 11.8. The Balaban J connectivity index is 2.05. The fourth-order valence-electron chi connectivity index (χ4n) is 1.37. The minimum Gasteiger partial charge on any atom is -0.440 e. The van der Waals surface area contributed by atoms with Crippen LogP contribution in [-0.2, 0) is 4.74 Å². The van der Waals surface area contributed by atoms with E-state index in [0.29, 0.717) is 16.6 Å². The fourth-order valence-corrected chi connectivity index (χ4v) is 1.37. The van der Waals surface area contributed by atoms with Crippen molar-refractivity contribution in [1.82, 2.24) is 10.2 Å². The number of aromatic amines is 1. The third kappa shape index (κ3) is 2.90. The van der Waals surface area contributed by atoms with Crippen LogP contribution in [0.1, 0.15) is 0 Å². The molecule has 5 nitrogen and oxygen atoms in total. The molecular formula is C10H8F3N3O2. The molecule has 0 radical (unpaired) electrons. The molecule has 18 heavy (non-hydrogen) atoms. The number of nitrogens with zero attached hydrogens (tertiary/aromatic N) is 1. The molecule has 1 amide bonds. The van der Waals surface area contributed by atoms with Gasteiger partial charge in [-0.15, -0.1) is 0 Å². The van der Waals surface area contributed by atoms with E-state index >= 15 is 0 Å². The summed E-state index contributed by atoms with van der Waals surface area (Å²) in [6.45, 7) is -1.62. The number of hydrogen-bond acceptors (Lipinski definition) is 3. The second-order valence-electron chi connectivity index (χ2n) is 3.45. The van der Waals surface area contributed by atoms with E-state index < -0.39 is 18.9 Å². The highest BCUT2D eigenvalue weighted by atomic mass is 19.4. The summed E-state index contributed by atoms with van der Waals surface area (Å²) in [4.78, 5) is 11.2. The Bertz CT molecular complexity index is 565. The molecule has 1 aromatic heterocycles. The summed E-state index contributed by atoms with van der Waals surface area (Å²) in [5, 5.41) is 9.23. The second-order valence-corrected chi connectivity index (χ2v) is 3.45. The van der Waals surface area contributed by atoms with Crippen LogP contribution in [0.4, 0.5) is 23.7 Å². The van der Waals surface area contributed by atoms with Crippen molar-refractivity contribution in [2.45, 2.75) is 6.18 Å². The van der Waals surface area contributed by atoms with Gasteiger partial charge in [-0.3, -0.25) is 10.4 Å². The van der Waals surface area contributed by atoms with Crippen LogP contribution in [0.3, 0.4) is 0 Å². The summed E-state index contributed by atoms with van der Waals surface area (Å²) in [6.07, 6.45) is -4.26. The molecule has 0 aliphatic heterocycles. The minimum atomic E-state index is -4.54. The number of H-pyrrole nitrogens is 1. The number of benzene rings is 1. The molecule has 8 heteroatoms. The van der Waals surface area contributed by atoms with E-state index in [1.54, 1.807) is 12.1 Å². The number of ether oxygens (including phenoxy) is 1. The molecular weight excluding hydrogens is 251 g/mol. The standard InChI is InChI=1S/C10H8F3N3O2/c11-10(12,13)5-18-9(17)15-7-2-1-3-8-6(7)4-14-16-8/h1-4H,5H2,(H,14,16)(H,15,17). The first-order valence-corrected chi connectivity index (χ1v) is 4.88. The number of hydrogen-bond donors (Lipinski definition) is 2. The van der Waals surface area contributed by atoms with Gasteiger partial charge in [-0.2, -0.15) is 18.3 Å². The summed E-state index contributed by atoms with van der Waals surface area (Å²) in [5.74, 6) is 0. The topological polar surface area (TPSA) is 67.0 Å². The van der Waals surface area contributed by atoms with Crippen LogP contribution in [0.15, 0.2) is 24.4 Å². The molecule has 0 unspecified atom stereocenters. The zero-order valence-electron chi connectivity index (χ0n) is 8.91. The highest BCUT2D eigenvalue weighted by Crippen LogP contribution is 2.21. The lowest BCUT2D eigenvalue weighted by atomic mass is 10.2. The number of rotatable bonds is 2. The number of fused-ring (bicyclic) bond motifs is 1. The van der Waals surface area contributed by atoms with E-state index in [1.807, 2.05) is 0 Å². The zero-order chi connectivity index (χ0) is 13.2. The Morgan fingerprint density at radius 3 is 2.94 bits per heavy atom. The highest BCUT2D eigenvalue weighted by Gasteiger charge is 2.29. The number of anilines is 1. The van der Waals surface area contributed by atoms with Gasteiger partial charge in [0.25, 0.3) is 0 Å². The smallest absolute Gasteiger partial charge is 0.422 e. The zero-order valence-corrected chi connectivity index (χ0v) is 8.91. The van der Waals surface area contributed by atoms with E-state index in [4.69, 9.17) is 0 Å². The highest BCUT2D eigenvalue weighted by molar-refractivity contribution is 5.98. The van der Waals surface area contributed by atoms with E-state index in [9.17, 15) is 18.0 Å². The monoisotopic (exact) mass is 259 g/mol. The average molecular weight is 259 g/mol. The van der Waals surface area contributed by atoms with Crippen molar-refractivity contribution in [2.75, 3.05) is 11.9 Å². The molecule has 0 spiro atoms. The van der Waals surface area contributed by atoms with Crippen molar-refractivity contribution in [3.05, 3.63) is 24.4 Å². The number of aromatic nitrogens is 2. The molecule has 2 aromatic rings. The molecule has 0 aliphatic carbocycles. The predicted octanol–water partition coefficient (Wildman–Crippen LogP) is 2.67. The molecule has 0 saturated carbocycles. The Labute approximate surface area is 98.9 Å². The SMILES string of the molecule is O=C(Nc1cccc2[nH]ncc12)OCC(F)(F)F. The first kappa shape index (κ1) is 12.2. The lowest BCUT2D eigenvalue weighted by Crippen LogP contribution is -2.23.